The zero-order valence-electron chi connectivity index (χ0n) is 9.46. The summed E-state index contributed by atoms with van der Waals surface area (Å²) in [6, 6.07) is 5.23. The van der Waals surface area contributed by atoms with Gasteiger partial charge in [0, 0.05) is 9.50 Å². The second kappa shape index (κ2) is 6.61. The van der Waals surface area contributed by atoms with Crippen LogP contribution in [0.2, 0.25) is 5.02 Å². The minimum atomic E-state index is -0.440. The zero-order valence-corrected chi connectivity index (χ0v) is 11.8. The predicted octanol–water partition coefficient (Wildman–Crippen LogP) is 3.45. The summed E-state index contributed by atoms with van der Waals surface area (Å²) in [5.41, 5.74) is 3.84. The van der Waals surface area contributed by atoms with Crippen molar-refractivity contribution in [2.24, 2.45) is 5.10 Å². The molecule has 4 nitrogen and oxygen atoms in total. The van der Waals surface area contributed by atoms with Crippen molar-refractivity contribution in [1.82, 2.24) is 0 Å². The standard InChI is InChI=1S/C11H12BrClN2O2/c1-3-9(11(16)17-2)14-15-10-5-4-7(13)6-8(10)12/h4-6,15H,3H2,1-2H3. The number of hydrogen-bond donors (Lipinski definition) is 1. The molecule has 0 atom stereocenters. The van der Waals surface area contributed by atoms with Crippen LogP contribution in [0.5, 0.6) is 0 Å². The topological polar surface area (TPSA) is 50.7 Å². The van der Waals surface area contributed by atoms with Crippen LogP contribution in [0.1, 0.15) is 13.3 Å². The maximum atomic E-state index is 11.3. The van der Waals surface area contributed by atoms with Gasteiger partial charge in [0.2, 0.25) is 0 Å². The quantitative estimate of drug-likeness (QED) is 0.525. The van der Waals surface area contributed by atoms with Crippen molar-refractivity contribution in [3.8, 4) is 0 Å². The lowest BCUT2D eigenvalue weighted by atomic mass is 10.3. The first-order valence-corrected chi connectivity index (χ1v) is 6.11. The largest absolute Gasteiger partial charge is 0.464 e. The maximum absolute atomic E-state index is 11.3. The number of hydrogen-bond acceptors (Lipinski definition) is 4. The van der Waals surface area contributed by atoms with Crippen LogP contribution in [0.4, 0.5) is 5.69 Å². The van der Waals surface area contributed by atoms with E-state index in [1.807, 2.05) is 6.92 Å². The number of rotatable bonds is 4. The second-order valence-electron chi connectivity index (χ2n) is 3.14. The molecule has 0 radical (unpaired) electrons. The van der Waals surface area contributed by atoms with Crippen molar-refractivity contribution in [1.29, 1.82) is 0 Å². The molecule has 0 aromatic heterocycles. The van der Waals surface area contributed by atoms with E-state index in [-0.39, 0.29) is 0 Å². The average molecular weight is 320 g/mol. The number of benzene rings is 1. The lowest BCUT2D eigenvalue weighted by molar-refractivity contribution is -0.132. The van der Waals surface area contributed by atoms with Crippen molar-refractivity contribution in [2.75, 3.05) is 12.5 Å². The third-order valence-electron chi connectivity index (χ3n) is 2.00. The number of carbonyl (C=O) groups excluding carboxylic acids is 1. The molecule has 0 aliphatic rings. The zero-order chi connectivity index (χ0) is 12.8. The molecule has 0 aliphatic heterocycles. The summed E-state index contributed by atoms with van der Waals surface area (Å²) in [6.45, 7) is 1.83. The molecule has 92 valence electrons. The Morgan fingerprint density at radius 2 is 2.29 bits per heavy atom. The van der Waals surface area contributed by atoms with Crippen molar-refractivity contribution < 1.29 is 9.53 Å². The maximum Gasteiger partial charge on any atom is 0.354 e. The van der Waals surface area contributed by atoms with Crippen LogP contribution in [0, 0.1) is 0 Å². The number of anilines is 1. The molecular formula is C11H12BrClN2O2. The van der Waals surface area contributed by atoms with Gasteiger partial charge >= 0.3 is 5.97 Å². The van der Waals surface area contributed by atoms with Crippen molar-refractivity contribution in [3.05, 3.63) is 27.7 Å². The van der Waals surface area contributed by atoms with Crippen LogP contribution < -0.4 is 5.43 Å². The van der Waals surface area contributed by atoms with Crippen LogP contribution in [0.25, 0.3) is 0 Å². The first kappa shape index (κ1) is 14.0. The highest BCUT2D eigenvalue weighted by atomic mass is 79.9. The van der Waals surface area contributed by atoms with E-state index in [9.17, 15) is 4.79 Å². The molecule has 1 aromatic carbocycles. The second-order valence-corrected chi connectivity index (χ2v) is 4.43. The Bertz CT molecular complexity index is 449. The number of halogens is 2. The number of ether oxygens (including phenoxy) is 1. The molecule has 0 bridgehead atoms. The van der Waals surface area contributed by atoms with Crippen LogP contribution in [-0.2, 0) is 9.53 Å². The molecule has 0 saturated heterocycles. The Morgan fingerprint density at radius 3 is 2.82 bits per heavy atom. The Morgan fingerprint density at radius 1 is 1.59 bits per heavy atom. The van der Waals surface area contributed by atoms with Gasteiger partial charge in [-0.3, -0.25) is 5.43 Å². The fraction of sp³-hybridized carbons (Fsp3) is 0.273. The minimum Gasteiger partial charge on any atom is -0.464 e. The smallest absolute Gasteiger partial charge is 0.354 e. The first-order chi connectivity index (χ1) is 8.08. The van der Waals surface area contributed by atoms with Gasteiger partial charge in [-0.2, -0.15) is 5.10 Å². The Labute approximate surface area is 113 Å². The summed E-state index contributed by atoms with van der Waals surface area (Å²) in [4.78, 5) is 11.3. The monoisotopic (exact) mass is 318 g/mol. The van der Waals surface area contributed by atoms with Gasteiger partial charge < -0.3 is 4.74 Å². The van der Waals surface area contributed by atoms with Gasteiger partial charge in [-0.25, -0.2) is 4.79 Å². The number of nitrogens with one attached hydrogen (secondary N) is 1. The summed E-state index contributed by atoms with van der Waals surface area (Å²) >= 11 is 9.15. The summed E-state index contributed by atoms with van der Waals surface area (Å²) in [5.74, 6) is -0.440. The molecule has 0 heterocycles. The van der Waals surface area contributed by atoms with Crippen LogP contribution in [0.15, 0.2) is 27.8 Å². The van der Waals surface area contributed by atoms with Crippen LogP contribution in [0.3, 0.4) is 0 Å². The Balaban J connectivity index is 2.84. The highest BCUT2D eigenvalue weighted by Crippen LogP contribution is 2.25. The lowest BCUT2D eigenvalue weighted by Gasteiger charge is -2.06. The van der Waals surface area contributed by atoms with Gasteiger partial charge in [0.05, 0.1) is 12.8 Å². The molecule has 1 rings (SSSR count). The van der Waals surface area contributed by atoms with Gasteiger partial charge in [0.25, 0.3) is 0 Å². The molecule has 1 aromatic rings. The molecule has 0 spiro atoms. The minimum absolute atomic E-state index is 0.328. The molecule has 0 amide bonds. The van der Waals surface area contributed by atoms with E-state index in [2.05, 4.69) is 31.2 Å². The fourth-order valence-corrected chi connectivity index (χ4v) is 1.87. The number of hydrazone groups is 1. The normalized spacial score (nSPS) is 11.2. The van der Waals surface area contributed by atoms with Gasteiger partial charge in [0.15, 0.2) is 0 Å². The number of methoxy groups -OCH3 is 1. The van der Waals surface area contributed by atoms with Crippen LogP contribution in [-0.4, -0.2) is 18.8 Å². The van der Waals surface area contributed by atoms with Crippen molar-refractivity contribution in [2.45, 2.75) is 13.3 Å². The van der Waals surface area contributed by atoms with Crippen molar-refractivity contribution in [3.63, 3.8) is 0 Å². The van der Waals surface area contributed by atoms with Gasteiger partial charge in [-0.15, -0.1) is 0 Å². The average Bonchev–Trinajstić information content (AvgIpc) is 2.31. The Hall–Kier alpha value is -1.07. The number of esters is 1. The molecular weight excluding hydrogens is 307 g/mol. The van der Waals surface area contributed by atoms with E-state index in [1.165, 1.54) is 7.11 Å². The summed E-state index contributed by atoms with van der Waals surface area (Å²) in [7, 11) is 1.33. The van der Waals surface area contributed by atoms with Crippen molar-refractivity contribution >= 4 is 44.9 Å². The number of nitrogens with zero attached hydrogens (tertiary/aromatic N) is 1. The molecule has 1 N–H and O–H groups in total. The summed E-state index contributed by atoms with van der Waals surface area (Å²) < 4.78 is 5.37. The van der Waals surface area contributed by atoms with Gasteiger partial charge in [-0.05, 0) is 40.5 Å². The Kier molecular flexibility index (Phi) is 5.44. The van der Waals surface area contributed by atoms with Gasteiger partial charge in [0.1, 0.15) is 5.71 Å². The molecule has 6 heteroatoms. The third kappa shape index (κ3) is 4.02. The summed E-state index contributed by atoms with van der Waals surface area (Å²) in [6.07, 6.45) is 0.491. The van der Waals surface area contributed by atoms with E-state index in [0.717, 1.165) is 10.2 Å². The lowest BCUT2D eigenvalue weighted by Crippen LogP contribution is -2.16. The van der Waals surface area contributed by atoms with E-state index >= 15 is 0 Å². The predicted molar refractivity (Wildman–Crippen MR) is 72.5 cm³/mol. The fourth-order valence-electron chi connectivity index (χ4n) is 1.09. The molecule has 0 aliphatic carbocycles. The van der Waals surface area contributed by atoms with Gasteiger partial charge in [-0.1, -0.05) is 18.5 Å². The first-order valence-electron chi connectivity index (χ1n) is 4.94. The SMILES string of the molecule is CCC(=NNc1ccc(Cl)cc1Br)C(=O)OC. The molecule has 0 unspecified atom stereocenters. The van der Waals surface area contributed by atoms with E-state index in [4.69, 9.17) is 11.6 Å². The van der Waals surface area contributed by atoms with E-state index < -0.39 is 5.97 Å². The highest BCUT2D eigenvalue weighted by molar-refractivity contribution is 9.10. The summed E-state index contributed by atoms with van der Waals surface area (Å²) in [5, 5.41) is 4.61. The molecule has 0 fully saturated rings. The number of carbonyl (C=O) groups is 1. The van der Waals surface area contributed by atoms with Crippen LogP contribution >= 0.6 is 27.5 Å². The van der Waals surface area contributed by atoms with E-state index in [0.29, 0.717) is 17.2 Å². The molecule has 0 saturated carbocycles. The third-order valence-corrected chi connectivity index (χ3v) is 2.89. The highest BCUT2D eigenvalue weighted by Gasteiger charge is 2.09. The van der Waals surface area contributed by atoms with E-state index in [1.54, 1.807) is 18.2 Å². The molecule has 17 heavy (non-hydrogen) atoms.